The molecule has 1 aromatic carbocycles. The molecule has 33 heavy (non-hydrogen) atoms. The maximum absolute atomic E-state index is 12.5. The fraction of sp³-hybridized carbons (Fsp3) is 0.217. The molecule has 0 aliphatic carbocycles. The minimum Gasteiger partial charge on any atom is -0.351 e. The highest BCUT2D eigenvalue weighted by molar-refractivity contribution is 9.10. The van der Waals surface area contributed by atoms with Gasteiger partial charge in [-0.15, -0.1) is 0 Å². The van der Waals surface area contributed by atoms with Crippen LogP contribution in [0.1, 0.15) is 10.4 Å². The highest BCUT2D eigenvalue weighted by atomic mass is 79.9. The van der Waals surface area contributed by atoms with Crippen LogP contribution in [0.25, 0.3) is 0 Å². The minimum absolute atomic E-state index is 0.0807. The molecular formula is C23H23BrN6OS2. The van der Waals surface area contributed by atoms with Crippen molar-refractivity contribution in [3.63, 3.8) is 0 Å². The van der Waals surface area contributed by atoms with Crippen LogP contribution in [0.5, 0.6) is 0 Å². The number of nitrogens with one attached hydrogen (secondary N) is 2. The molecule has 170 valence electrons. The van der Waals surface area contributed by atoms with Crippen molar-refractivity contribution in [1.82, 2.24) is 20.2 Å². The van der Waals surface area contributed by atoms with Gasteiger partial charge >= 0.3 is 0 Å². The highest BCUT2D eigenvalue weighted by Crippen LogP contribution is 2.37. The number of thioether (sulfide) groups is 1. The molecule has 3 heterocycles. The smallest absolute Gasteiger partial charge is 0.251 e. The fourth-order valence-electron chi connectivity index (χ4n) is 3.01. The number of pyridine rings is 2. The van der Waals surface area contributed by atoms with E-state index in [1.807, 2.05) is 61.5 Å². The van der Waals surface area contributed by atoms with Gasteiger partial charge in [0.05, 0.1) is 16.3 Å². The molecule has 10 heteroatoms. The Hall–Kier alpha value is -2.40. The van der Waals surface area contributed by atoms with E-state index in [9.17, 15) is 4.79 Å². The number of carbonyl (C=O) groups excluding carboxylic acids is 1. The molecule has 2 N–H and O–H groups in total. The summed E-state index contributed by atoms with van der Waals surface area (Å²) < 4.78 is 0.868. The zero-order chi connectivity index (χ0) is 23.2. The molecule has 3 aromatic rings. The van der Waals surface area contributed by atoms with Crippen molar-refractivity contribution >= 4 is 62.7 Å². The first-order chi connectivity index (χ1) is 16.0. The molecule has 0 saturated carbocycles. The molecule has 2 aromatic heterocycles. The van der Waals surface area contributed by atoms with E-state index in [2.05, 4.69) is 36.5 Å². The number of amides is 1. The molecule has 7 nitrogen and oxygen atoms in total. The SMILES string of the molecule is CN(C)CCNC(=O)c1cccc(Sc2cc(Br)cnc2/N=C2\CSc3ncccc3N2)c1. The van der Waals surface area contributed by atoms with Gasteiger partial charge in [0, 0.05) is 40.4 Å². The average molecular weight is 544 g/mol. The lowest BCUT2D eigenvalue weighted by atomic mass is 10.2. The van der Waals surface area contributed by atoms with E-state index in [1.54, 1.807) is 24.2 Å². The molecule has 0 unspecified atom stereocenters. The van der Waals surface area contributed by atoms with Crippen LogP contribution in [0.4, 0.5) is 11.5 Å². The van der Waals surface area contributed by atoms with Gasteiger partial charge in [-0.2, -0.15) is 0 Å². The topological polar surface area (TPSA) is 82.5 Å². The summed E-state index contributed by atoms with van der Waals surface area (Å²) in [6.07, 6.45) is 3.53. The predicted octanol–water partition coefficient (Wildman–Crippen LogP) is 4.93. The van der Waals surface area contributed by atoms with Gasteiger partial charge in [-0.25, -0.2) is 15.0 Å². The Kier molecular flexibility index (Phi) is 8.02. The number of hydrogen-bond donors (Lipinski definition) is 2. The molecular weight excluding hydrogens is 520 g/mol. The monoisotopic (exact) mass is 542 g/mol. The molecule has 4 rings (SSSR count). The number of amidine groups is 1. The van der Waals surface area contributed by atoms with Gasteiger partial charge in [-0.3, -0.25) is 4.79 Å². The molecule has 0 saturated heterocycles. The summed E-state index contributed by atoms with van der Waals surface area (Å²) in [4.78, 5) is 30.1. The van der Waals surface area contributed by atoms with Gasteiger partial charge < -0.3 is 15.5 Å². The summed E-state index contributed by atoms with van der Waals surface area (Å²) >= 11 is 6.69. The Morgan fingerprint density at radius 1 is 1.27 bits per heavy atom. The Bertz CT molecular complexity index is 1190. The molecule has 0 spiro atoms. The summed E-state index contributed by atoms with van der Waals surface area (Å²) in [5.74, 6) is 2.06. The molecule has 0 radical (unpaired) electrons. The Balaban J connectivity index is 1.52. The second-order valence-corrected chi connectivity index (χ2v) is 10.5. The van der Waals surface area contributed by atoms with Crippen LogP contribution in [0, 0.1) is 0 Å². The first-order valence-corrected chi connectivity index (χ1v) is 12.9. The largest absolute Gasteiger partial charge is 0.351 e. The van der Waals surface area contributed by atoms with Crippen LogP contribution in [0.3, 0.4) is 0 Å². The third-order valence-corrected chi connectivity index (χ3v) is 7.06. The first kappa shape index (κ1) is 23.7. The van der Waals surface area contributed by atoms with Crippen LogP contribution in [-0.4, -0.2) is 59.5 Å². The number of anilines is 1. The highest BCUT2D eigenvalue weighted by Gasteiger charge is 2.16. The van der Waals surface area contributed by atoms with Crippen LogP contribution >= 0.6 is 39.5 Å². The zero-order valence-electron chi connectivity index (χ0n) is 18.2. The van der Waals surface area contributed by atoms with Gasteiger partial charge in [0.2, 0.25) is 0 Å². The third-order valence-electron chi connectivity index (χ3n) is 4.60. The van der Waals surface area contributed by atoms with E-state index in [0.717, 1.165) is 37.4 Å². The molecule has 1 aliphatic heterocycles. The van der Waals surface area contributed by atoms with Crippen molar-refractivity contribution in [2.45, 2.75) is 14.8 Å². The first-order valence-electron chi connectivity index (χ1n) is 10.3. The summed E-state index contributed by atoms with van der Waals surface area (Å²) in [6.45, 7) is 1.39. The standard InChI is InChI=1S/C23H23BrN6OS2/c1-30(2)10-9-25-22(31)15-5-3-6-17(11-15)33-19-12-16(24)13-27-21(19)29-20-14-32-23-18(28-20)7-4-8-26-23/h3-8,11-13H,9-10,14H2,1-2H3,(H,25,31)(H,27,28,29). The number of carbonyl (C=O) groups is 1. The average Bonchev–Trinajstić information content (AvgIpc) is 2.80. The van der Waals surface area contributed by atoms with Crippen LogP contribution in [0.15, 0.2) is 79.1 Å². The van der Waals surface area contributed by atoms with Gasteiger partial charge in [-0.05, 0) is 66.4 Å². The normalized spacial score (nSPS) is 14.1. The number of fused-ring (bicyclic) bond motifs is 1. The molecule has 1 amide bonds. The van der Waals surface area contributed by atoms with Crippen molar-refractivity contribution in [2.24, 2.45) is 4.99 Å². The Morgan fingerprint density at radius 3 is 3.00 bits per heavy atom. The van der Waals surface area contributed by atoms with Crippen molar-refractivity contribution in [1.29, 1.82) is 0 Å². The van der Waals surface area contributed by atoms with E-state index in [4.69, 9.17) is 4.99 Å². The van der Waals surface area contributed by atoms with Gasteiger partial charge in [-0.1, -0.05) is 29.6 Å². The summed E-state index contributed by atoms with van der Waals surface area (Å²) in [5.41, 5.74) is 1.58. The van der Waals surface area contributed by atoms with Crippen molar-refractivity contribution in [2.75, 3.05) is 38.3 Å². The summed E-state index contributed by atoms with van der Waals surface area (Å²) in [5, 5.41) is 7.28. The number of aromatic nitrogens is 2. The van der Waals surface area contributed by atoms with E-state index in [-0.39, 0.29) is 5.91 Å². The van der Waals surface area contributed by atoms with E-state index < -0.39 is 0 Å². The van der Waals surface area contributed by atoms with Crippen LogP contribution in [-0.2, 0) is 0 Å². The minimum atomic E-state index is -0.0807. The number of halogens is 1. The molecule has 1 aliphatic rings. The van der Waals surface area contributed by atoms with Gasteiger partial charge in [0.15, 0.2) is 5.82 Å². The second kappa shape index (κ2) is 11.1. The predicted molar refractivity (Wildman–Crippen MR) is 139 cm³/mol. The third kappa shape index (κ3) is 6.57. The zero-order valence-corrected chi connectivity index (χ0v) is 21.4. The van der Waals surface area contributed by atoms with E-state index >= 15 is 0 Å². The van der Waals surface area contributed by atoms with Crippen LogP contribution < -0.4 is 10.6 Å². The maximum atomic E-state index is 12.5. The fourth-order valence-corrected chi connectivity index (χ4v) is 5.28. The van der Waals surface area contributed by atoms with E-state index in [1.165, 1.54) is 11.8 Å². The van der Waals surface area contributed by atoms with Gasteiger partial charge in [0.25, 0.3) is 5.91 Å². The Labute approximate surface area is 210 Å². The van der Waals surface area contributed by atoms with Crippen molar-refractivity contribution < 1.29 is 4.79 Å². The lowest BCUT2D eigenvalue weighted by molar-refractivity contribution is 0.0951. The quantitative estimate of drug-likeness (QED) is 0.438. The number of nitrogens with zero attached hydrogens (tertiary/aromatic N) is 4. The van der Waals surface area contributed by atoms with Crippen LogP contribution in [0.2, 0.25) is 0 Å². The number of aliphatic imine (C=N–C) groups is 1. The lowest BCUT2D eigenvalue weighted by Crippen LogP contribution is -2.31. The number of benzene rings is 1. The Morgan fingerprint density at radius 2 is 2.15 bits per heavy atom. The molecule has 0 fully saturated rings. The summed E-state index contributed by atoms with van der Waals surface area (Å²) in [7, 11) is 3.96. The van der Waals surface area contributed by atoms with E-state index in [0.29, 0.717) is 23.7 Å². The maximum Gasteiger partial charge on any atom is 0.251 e. The van der Waals surface area contributed by atoms with Crippen molar-refractivity contribution in [3.05, 3.63) is 64.9 Å². The van der Waals surface area contributed by atoms with Crippen molar-refractivity contribution in [3.8, 4) is 0 Å². The molecule has 0 atom stereocenters. The lowest BCUT2D eigenvalue weighted by Gasteiger charge is -2.18. The number of rotatable bonds is 7. The summed E-state index contributed by atoms with van der Waals surface area (Å²) in [6, 6.07) is 13.5. The number of likely N-dealkylation sites (N-methyl/N-ethyl adjacent to an activating group) is 1. The molecule has 0 bridgehead atoms. The second-order valence-electron chi connectivity index (χ2n) is 7.49. The number of hydrogen-bond acceptors (Lipinski definition) is 7. The van der Waals surface area contributed by atoms with Gasteiger partial charge in [0.1, 0.15) is 10.9 Å².